The maximum absolute atomic E-state index is 10.3. The maximum Gasteiger partial charge on any atom is 0.321 e. The third kappa shape index (κ3) is 3.84. The van der Waals surface area contributed by atoms with Crippen LogP contribution in [0.5, 0.6) is 0 Å². The van der Waals surface area contributed by atoms with Crippen molar-refractivity contribution in [2.75, 3.05) is 0 Å². The Morgan fingerprint density at radius 1 is 1.55 bits per heavy atom. The van der Waals surface area contributed by atoms with Crippen molar-refractivity contribution in [1.29, 1.82) is 0 Å². The molecule has 0 aliphatic rings. The van der Waals surface area contributed by atoms with Crippen LogP contribution in [-0.2, 0) is 9.59 Å². The molecule has 2 unspecified atom stereocenters. The van der Waals surface area contributed by atoms with Crippen LogP contribution in [0, 0.1) is 0 Å². The summed E-state index contributed by atoms with van der Waals surface area (Å²) in [6.45, 7) is 0. The van der Waals surface area contributed by atoms with Crippen LogP contribution in [0.3, 0.4) is 0 Å². The third-order valence-electron chi connectivity index (χ3n) is 1.11. The van der Waals surface area contributed by atoms with Crippen LogP contribution in [0.2, 0.25) is 0 Å². The zero-order chi connectivity index (χ0) is 9.02. The number of hydrogen-bond donors (Lipinski definition) is 4. The van der Waals surface area contributed by atoms with E-state index in [4.69, 9.17) is 16.6 Å². The monoisotopic (exact) mass is 178 g/mol. The summed E-state index contributed by atoms with van der Waals surface area (Å²) in [4.78, 5) is 20.5. The number of carboxylic acid groups (broad SMARTS) is 1. The van der Waals surface area contributed by atoms with Gasteiger partial charge in [-0.25, -0.2) is 0 Å². The maximum atomic E-state index is 10.3. The molecular formula is C5H10N2O3S. The lowest BCUT2D eigenvalue weighted by Gasteiger charge is -2.12. The van der Waals surface area contributed by atoms with E-state index in [2.05, 4.69) is 12.6 Å². The van der Waals surface area contributed by atoms with Crippen LogP contribution in [-0.4, -0.2) is 28.3 Å². The van der Waals surface area contributed by atoms with Crippen LogP contribution in [0.1, 0.15) is 6.42 Å². The number of aliphatic carboxylic acids is 1. The van der Waals surface area contributed by atoms with Gasteiger partial charge in [-0.2, -0.15) is 12.6 Å². The first-order chi connectivity index (χ1) is 4.95. The smallest absolute Gasteiger partial charge is 0.321 e. The summed E-state index contributed by atoms with van der Waals surface area (Å²) in [5, 5.41) is 7.62. The minimum atomic E-state index is -1.19. The Bertz CT molecular complexity index is 173. The van der Waals surface area contributed by atoms with Crippen LogP contribution in [0.25, 0.3) is 0 Å². The Hall–Kier alpha value is -0.750. The van der Waals surface area contributed by atoms with Crippen molar-refractivity contribution >= 4 is 24.5 Å². The summed E-state index contributed by atoms with van der Waals surface area (Å²) in [6.07, 6.45) is -0.128. The number of nitrogens with two attached hydrogens (primary N) is 2. The van der Waals surface area contributed by atoms with Crippen molar-refractivity contribution < 1.29 is 14.7 Å². The minimum absolute atomic E-state index is 0.128. The summed E-state index contributed by atoms with van der Waals surface area (Å²) in [6, 6.07) is -1.15. The molecule has 11 heavy (non-hydrogen) atoms. The fraction of sp³-hybridized carbons (Fsp3) is 0.600. The average Bonchev–Trinajstić information content (AvgIpc) is 1.84. The summed E-state index contributed by atoms with van der Waals surface area (Å²) >= 11 is 3.80. The Labute approximate surface area is 69.2 Å². The fourth-order valence-corrected chi connectivity index (χ4v) is 0.805. The molecule has 0 aromatic heterocycles. The summed E-state index contributed by atoms with van der Waals surface area (Å²) in [7, 11) is 0. The number of hydrogen-bond acceptors (Lipinski definition) is 4. The Balaban J connectivity index is 3.92. The summed E-state index contributed by atoms with van der Waals surface area (Å²) in [5.41, 5.74) is 9.92. The molecular weight excluding hydrogens is 168 g/mol. The molecule has 64 valence electrons. The Morgan fingerprint density at radius 2 is 2.00 bits per heavy atom. The number of primary amides is 1. The van der Waals surface area contributed by atoms with E-state index in [1.807, 2.05) is 0 Å². The molecule has 0 heterocycles. The van der Waals surface area contributed by atoms with E-state index < -0.39 is 23.2 Å². The predicted molar refractivity (Wildman–Crippen MR) is 42.2 cm³/mol. The van der Waals surface area contributed by atoms with Crippen LogP contribution in [0.15, 0.2) is 0 Å². The second-order valence-electron chi connectivity index (χ2n) is 2.10. The number of amides is 1. The summed E-state index contributed by atoms with van der Waals surface area (Å²) < 4.78 is 0. The minimum Gasteiger partial charge on any atom is -0.480 e. The Kier molecular flexibility index (Phi) is 3.91. The van der Waals surface area contributed by atoms with Gasteiger partial charge >= 0.3 is 5.97 Å². The van der Waals surface area contributed by atoms with Gasteiger partial charge in [-0.05, 0) is 0 Å². The molecule has 0 saturated heterocycles. The molecule has 0 spiro atoms. The molecule has 0 saturated carbocycles. The van der Waals surface area contributed by atoms with Gasteiger partial charge in [0.25, 0.3) is 0 Å². The standard InChI is InChI=1S/C5H10N2O3S/c6-3(8)1-2(11)4(7)5(9)10/h2,4,11H,1,7H2,(H2,6,8)(H,9,10). The highest BCUT2D eigenvalue weighted by Gasteiger charge is 2.21. The number of carboxylic acids is 1. The summed E-state index contributed by atoms with van der Waals surface area (Å²) in [5.74, 6) is -1.80. The quantitative estimate of drug-likeness (QED) is 0.396. The largest absolute Gasteiger partial charge is 0.480 e. The molecule has 0 aliphatic carbocycles. The van der Waals surface area contributed by atoms with Gasteiger partial charge in [0.2, 0.25) is 5.91 Å². The van der Waals surface area contributed by atoms with Crippen LogP contribution < -0.4 is 11.5 Å². The van der Waals surface area contributed by atoms with Gasteiger partial charge in [0.1, 0.15) is 6.04 Å². The van der Waals surface area contributed by atoms with Gasteiger partial charge < -0.3 is 16.6 Å². The lowest BCUT2D eigenvalue weighted by molar-refractivity contribution is -0.138. The molecule has 0 bridgehead atoms. The van der Waals surface area contributed by atoms with E-state index in [-0.39, 0.29) is 6.42 Å². The number of carbonyl (C=O) groups is 2. The molecule has 2 atom stereocenters. The van der Waals surface area contributed by atoms with Gasteiger partial charge in [0, 0.05) is 11.7 Å². The second-order valence-corrected chi connectivity index (χ2v) is 2.77. The van der Waals surface area contributed by atoms with Gasteiger partial charge in [0.15, 0.2) is 0 Å². The average molecular weight is 178 g/mol. The zero-order valence-electron chi connectivity index (χ0n) is 5.73. The molecule has 5 nitrogen and oxygen atoms in total. The molecule has 6 heteroatoms. The first kappa shape index (κ1) is 10.2. The number of thiol groups is 1. The van der Waals surface area contributed by atoms with Crippen molar-refractivity contribution in [3.8, 4) is 0 Å². The van der Waals surface area contributed by atoms with Gasteiger partial charge in [0.05, 0.1) is 0 Å². The van der Waals surface area contributed by atoms with Gasteiger partial charge in [-0.15, -0.1) is 0 Å². The Morgan fingerprint density at radius 3 is 2.27 bits per heavy atom. The highest BCUT2D eigenvalue weighted by molar-refractivity contribution is 7.81. The van der Waals surface area contributed by atoms with Crippen molar-refractivity contribution in [3.63, 3.8) is 0 Å². The molecule has 0 aliphatic heterocycles. The highest BCUT2D eigenvalue weighted by Crippen LogP contribution is 2.04. The van der Waals surface area contributed by atoms with E-state index in [0.717, 1.165) is 0 Å². The normalized spacial score (nSPS) is 15.5. The molecule has 1 amide bonds. The van der Waals surface area contributed by atoms with Crippen molar-refractivity contribution in [3.05, 3.63) is 0 Å². The molecule has 0 aromatic carbocycles. The predicted octanol–water partition coefficient (Wildman–Crippen LogP) is -1.43. The van der Waals surface area contributed by atoms with E-state index in [9.17, 15) is 9.59 Å². The molecule has 0 fully saturated rings. The first-order valence-electron chi connectivity index (χ1n) is 2.90. The highest BCUT2D eigenvalue weighted by atomic mass is 32.1. The van der Waals surface area contributed by atoms with E-state index >= 15 is 0 Å². The first-order valence-corrected chi connectivity index (χ1v) is 3.41. The molecule has 0 aromatic rings. The van der Waals surface area contributed by atoms with Gasteiger partial charge in [-0.3, -0.25) is 9.59 Å². The second kappa shape index (κ2) is 4.20. The fourth-order valence-electron chi connectivity index (χ4n) is 0.498. The van der Waals surface area contributed by atoms with Crippen LogP contribution in [0.4, 0.5) is 0 Å². The molecule has 0 radical (unpaired) electrons. The van der Waals surface area contributed by atoms with Crippen molar-refractivity contribution in [2.45, 2.75) is 17.7 Å². The topological polar surface area (TPSA) is 106 Å². The van der Waals surface area contributed by atoms with Gasteiger partial charge in [-0.1, -0.05) is 0 Å². The molecule has 5 N–H and O–H groups in total. The zero-order valence-corrected chi connectivity index (χ0v) is 6.62. The van der Waals surface area contributed by atoms with Crippen molar-refractivity contribution in [2.24, 2.45) is 11.5 Å². The number of carbonyl (C=O) groups excluding carboxylic acids is 1. The van der Waals surface area contributed by atoms with E-state index in [0.29, 0.717) is 0 Å². The molecule has 0 rings (SSSR count). The third-order valence-corrected chi connectivity index (χ3v) is 1.61. The van der Waals surface area contributed by atoms with E-state index in [1.165, 1.54) is 0 Å². The number of rotatable bonds is 4. The van der Waals surface area contributed by atoms with Crippen LogP contribution >= 0.6 is 12.6 Å². The lowest BCUT2D eigenvalue weighted by Crippen LogP contribution is -2.40. The van der Waals surface area contributed by atoms with Crippen molar-refractivity contribution in [1.82, 2.24) is 0 Å². The SMILES string of the molecule is NC(=O)CC(S)C(N)C(=O)O. The lowest BCUT2D eigenvalue weighted by atomic mass is 10.1. The van der Waals surface area contributed by atoms with E-state index in [1.54, 1.807) is 0 Å².